The highest BCUT2D eigenvalue weighted by Gasteiger charge is 2.10. The van der Waals surface area contributed by atoms with Crippen molar-refractivity contribution in [2.45, 2.75) is 65.7 Å². The Morgan fingerprint density at radius 2 is 1.53 bits per heavy atom. The van der Waals surface area contributed by atoms with Crippen molar-refractivity contribution in [3.63, 3.8) is 0 Å². The fourth-order valence-corrected chi connectivity index (χ4v) is 1.80. The van der Waals surface area contributed by atoms with Gasteiger partial charge in [0.25, 0.3) is 0 Å². The lowest BCUT2D eigenvalue weighted by molar-refractivity contribution is 0.198. The molecular formula is C16H27NO2. The van der Waals surface area contributed by atoms with E-state index >= 15 is 0 Å². The molecule has 0 aromatic heterocycles. The fourth-order valence-electron chi connectivity index (χ4n) is 1.80. The second-order valence-corrected chi connectivity index (χ2v) is 5.63. The van der Waals surface area contributed by atoms with Gasteiger partial charge in [0.2, 0.25) is 0 Å². The molecule has 0 bridgehead atoms. The van der Waals surface area contributed by atoms with Crippen LogP contribution in [0, 0.1) is 0 Å². The van der Waals surface area contributed by atoms with E-state index in [0.29, 0.717) is 0 Å². The molecule has 0 spiro atoms. The SMILES string of the molecule is CC(C)Oc1ccc(CC[C@@H](C)N)cc1OC(C)C. The van der Waals surface area contributed by atoms with E-state index in [1.807, 2.05) is 40.7 Å². The zero-order valence-electron chi connectivity index (χ0n) is 12.8. The minimum Gasteiger partial charge on any atom is -0.487 e. The predicted molar refractivity (Wildman–Crippen MR) is 79.9 cm³/mol. The predicted octanol–water partition coefficient (Wildman–Crippen LogP) is 3.54. The number of hydrogen-bond acceptors (Lipinski definition) is 3. The number of ether oxygens (including phenoxy) is 2. The third-order valence-corrected chi connectivity index (χ3v) is 2.62. The standard InChI is InChI=1S/C16H27NO2/c1-11(2)18-15-9-8-14(7-6-13(5)17)10-16(15)19-12(3)4/h8-13H,6-7,17H2,1-5H3/t13-/m1/s1. The molecule has 19 heavy (non-hydrogen) atoms. The molecule has 0 aliphatic heterocycles. The molecule has 2 N–H and O–H groups in total. The monoisotopic (exact) mass is 265 g/mol. The Morgan fingerprint density at radius 1 is 0.947 bits per heavy atom. The van der Waals surface area contributed by atoms with Crippen molar-refractivity contribution in [3.8, 4) is 11.5 Å². The Bertz CT molecular complexity index is 386. The molecule has 0 aliphatic rings. The van der Waals surface area contributed by atoms with Gasteiger partial charge >= 0.3 is 0 Å². The quantitative estimate of drug-likeness (QED) is 0.820. The second kappa shape index (κ2) is 7.39. The number of benzene rings is 1. The third kappa shape index (κ3) is 5.97. The van der Waals surface area contributed by atoms with E-state index in [0.717, 1.165) is 24.3 Å². The topological polar surface area (TPSA) is 44.5 Å². The Morgan fingerprint density at radius 3 is 2.05 bits per heavy atom. The van der Waals surface area contributed by atoms with Gasteiger partial charge in [-0.2, -0.15) is 0 Å². The van der Waals surface area contributed by atoms with Crippen LogP contribution < -0.4 is 15.2 Å². The molecule has 0 unspecified atom stereocenters. The lowest BCUT2D eigenvalue weighted by Crippen LogP contribution is -2.15. The molecule has 0 fully saturated rings. The maximum atomic E-state index is 5.84. The second-order valence-electron chi connectivity index (χ2n) is 5.63. The van der Waals surface area contributed by atoms with E-state index in [1.54, 1.807) is 0 Å². The Hall–Kier alpha value is -1.22. The smallest absolute Gasteiger partial charge is 0.161 e. The summed E-state index contributed by atoms with van der Waals surface area (Å²) in [7, 11) is 0. The number of hydrogen-bond donors (Lipinski definition) is 1. The molecule has 0 radical (unpaired) electrons. The van der Waals surface area contributed by atoms with Crippen LogP contribution in [0.4, 0.5) is 0 Å². The zero-order valence-corrected chi connectivity index (χ0v) is 12.8. The molecule has 1 atom stereocenters. The van der Waals surface area contributed by atoms with E-state index in [9.17, 15) is 0 Å². The average molecular weight is 265 g/mol. The van der Waals surface area contributed by atoms with Crippen molar-refractivity contribution in [1.82, 2.24) is 0 Å². The maximum Gasteiger partial charge on any atom is 0.161 e. The van der Waals surface area contributed by atoms with Crippen LogP contribution in [-0.2, 0) is 6.42 Å². The normalized spacial score (nSPS) is 12.8. The highest BCUT2D eigenvalue weighted by atomic mass is 16.5. The van der Waals surface area contributed by atoms with Gasteiger partial charge in [0, 0.05) is 6.04 Å². The van der Waals surface area contributed by atoms with Crippen LogP contribution in [-0.4, -0.2) is 18.2 Å². The Balaban J connectivity index is 2.87. The van der Waals surface area contributed by atoms with Crippen molar-refractivity contribution < 1.29 is 9.47 Å². The van der Waals surface area contributed by atoms with Gasteiger partial charge in [-0.1, -0.05) is 6.07 Å². The van der Waals surface area contributed by atoms with Gasteiger partial charge in [-0.05, 0) is 65.2 Å². The van der Waals surface area contributed by atoms with E-state index in [2.05, 4.69) is 12.1 Å². The van der Waals surface area contributed by atoms with E-state index in [4.69, 9.17) is 15.2 Å². The summed E-state index contributed by atoms with van der Waals surface area (Å²) in [6.45, 7) is 10.1. The molecule has 1 rings (SSSR count). The zero-order chi connectivity index (χ0) is 14.4. The van der Waals surface area contributed by atoms with Crippen LogP contribution in [0.1, 0.15) is 46.6 Å². The molecule has 3 heteroatoms. The van der Waals surface area contributed by atoms with Gasteiger partial charge in [0.1, 0.15) is 0 Å². The molecule has 108 valence electrons. The minimum atomic E-state index is 0.137. The molecule has 1 aromatic carbocycles. The first-order chi connectivity index (χ1) is 8.88. The van der Waals surface area contributed by atoms with Crippen LogP contribution in [0.25, 0.3) is 0 Å². The van der Waals surface area contributed by atoms with E-state index < -0.39 is 0 Å². The van der Waals surface area contributed by atoms with Gasteiger partial charge in [-0.25, -0.2) is 0 Å². The van der Waals surface area contributed by atoms with Gasteiger partial charge in [-0.3, -0.25) is 0 Å². The van der Waals surface area contributed by atoms with Crippen LogP contribution in [0.2, 0.25) is 0 Å². The third-order valence-electron chi connectivity index (χ3n) is 2.62. The summed E-state index contributed by atoms with van der Waals surface area (Å²) in [5.41, 5.74) is 7.04. The van der Waals surface area contributed by atoms with Gasteiger partial charge < -0.3 is 15.2 Å². The Kier molecular flexibility index (Phi) is 6.16. The molecule has 0 aliphatic carbocycles. The highest BCUT2D eigenvalue weighted by molar-refractivity contribution is 5.43. The van der Waals surface area contributed by atoms with Crippen molar-refractivity contribution in [2.24, 2.45) is 5.73 Å². The van der Waals surface area contributed by atoms with Crippen LogP contribution >= 0.6 is 0 Å². The number of nitrogens with two attached hydrogens (primary N) is 1. The van der Waals surface area contributed by atoms with Gasteiger partial charge in [-0.15, -0.1) is 0 Å². The summed E-state index contributed by atoms with van der Waals surface area (Å²) >= 11 is 0. The largest absolute Gasteiger partial charge is 0.487 e. The molecule has 1 aromatic rings. The first kappa shape index (κ1) is 15.8. The number of rotatable bonds is 7. The maximum absolute atomic E-state index is 5.84. The summed E-state index contributed by atoms with van der Waals surface area (Å²) < 4.78 is 11.6. The Labute approximate surface area is 117 Å². The summed E-state index contributed by atoms with van der Waals surface area (Å²) in [5, 5.41) is 0. The summed E-state index contributed by atoms with van der Waals surface area (Å²) in [4.78, 5) is 0. The van der Waals surface area contributed by atoms with Crippen LogP contribution in [0.15, 0.2) is 18.2 Å². The molecule has 0 heterocycles. The van der Waals surface area contributed by atoms with Crippen molar-refractivity contribution >= 4 is 0 Å². The van der Waals surface area contributed by atoms with Gasteiger partial charge in [0.15, 0.2) is 11.5 Å². The minimum absolute atomic E-state index is 0.137. The fraction of sp³-hybridized carbons (Fsp3) is 0.625. The molecular weight excluding hydrogens is 238 g/mol. The summed E-state index contributed by atoms with van der Waals surface area (Å²) in [5.74, 6) is 1.64. The molecule has 0 amide bonds. The first-order valence-corrected chi connectivity index (χ1v) is 7.10. The lowest BCUT2D eigenvalue weighted by Gasteiger charge is -2.18. The molecule has 0 saturated carbocycles. The lowest BCUT2D eigenvalue weighted by atomic mass is 10.1. The van der Waals surface area contributed by atoms with Crippen molar-refractivity contribution in [1.29, 1.82) is 0 Å². The highest BCUT2D eigenvalue weighted by Crippen LogP contribution is 2.30. The average Bonchev–Trinajstić information content (AvgIpc) is 2.28. The van der Waals surface area contributed by atoms with E-state index in [1.165, 1.54) is 5.56 Å². The molecule has 3 nitrogen and oxygen atoms in total. The summed E-state index contributed by atoms with van der Waals surface area (Å²) in [6.07, 6.45) is 2.22. The van der Waals surface area contributed by atoms with Crippen molar-refractivity contribution in [3.05, 3.63) is 23.8 Å². The first-order valence-electron chi connectivity index (χ1n) is 7.10. The van der Waals surface area contributed by atoms with Gasteiger partial charge in [0.05, 0.1) is 12.2 Å². The van der Waals surface area contributed by atoms with Crippen LogP contribution in [0.5, 0.6) is 11.5 Å². The van der Waals surface area contributed by atoms with Crippen LogP contribution in [0.3, 0.4) is 0 Å². The van der Waals surface area contributed by atoms with Crippen molar-refractivity contribution in [2.75, 3.05) is 0 Å². The van der Waals surface area contributed by atoms with E-state index in [-0.39, 0.29) is 18.2 Å². The number of aryl methyl sites for hydroxylation is 1. The molecule has 0 saturated heterocycles. The summed E-state index contributed by atoms with van der Waals surface area (Å²) in [6, 6.07) is 6.38.